The molecule has 0 aliphatic heterocycles. The summed E-state index contributed by atoms with van der Waals surface area (Å²) < 4.78 is 10.6. The van der Waals surface area contributed by atoms with Crippen molar-refractivity contribution in [2.75, 3.05) is 6.61 Å². The quantitative estimate of drug-likeness (QED) is 0.444. The van der Waals surface area contributed by atoms with Crippen LogP contribution in [0, 0.1) is 20.2 Å². The second-order valence-corrected chi connectivity index (χ2v) is 5.10. The van der Waals surface area contributed by atoms with Crippen LogP contribution in [0.3, 0.4) is 0 Å². The maximum atomic E-state index is 12.0. The van der Waals surface area contributed by atoms with Gasteiger partial charge in [0, 0.05) is 12.5 Å². The number of carbonyl (C=O) groups is 1. The molecule has 0 amide bonds. The van der Waals surface area contributed by atoms with Crippen LogP contribution in [0.1, 0.15) is 32.6 Å². The lowest BCUT2D eigenvalue weighted by molar-refractivity contribution is -0.394. The summed E-state index contributed by atoms with van der Waals surface area (Å²) in [4.78, 5) is 32.4. The molecule has 2 rings (SSSR count). The van der Waals surface area contributed by atoms with Gasteiger partial charge in [0.2, 0.25) is 5.75 Å². The number of rotatable bonds is 6. The SMILES string of the molecule is CCOC(=O)C1=C(Oc2ccc([N+](=O)[O-])cc2[N+](=O)[O-])CCCC1. The predicted octanol–water partition coefficient (Wildman–Crippen LogP) is 3.27. The largest absolute Gasteiger partial charge is 0.463 e. The first kappa shape index (κ1) is 17.4. The molecule has 128 valence electrons. The highest BCUT2D eigenvalue weighted by Crippen LogP contribution is 2.35. The Morgan fingerprint density at radius 2 is 1.88 bits per heavy atom. The molecule has 0 saturated heterocycles. The lowest BCUT2D eigenvalue weighted by Crippen LogP contribution is -2.16. The Kier molecular flexibility index (Phi) is 5.46. The molecule has 9 heteroatoms. The summed E-state index contributed by atoms with van der Waals surface area (Å²) in [6, 6.07) is 3.12. The van der Waals surface area contributed by atoms with Gasteiger partial charge in [0.05, 0.1) is 28.1 Å². The van der Waals surface area contributed by atoms with Gasteiger partial charge in [-0.3, -0.25) is 20.2 Å². The van der Waals surface area contributed by atoms with Gasteiger partial charge in [-0.15, -0.1) is 0 Å². The van der Waals surface area contributed by atoms with E-state index in [2.05, 4.69) is 0 Å². The van der Waals surface area contributed by atoms with E-state index >= 15 is 0 Å². The normalized spacial score (nSPS) is 14.2. The number of esters is 1. The highest BCUT2D eigenvalue weighted by atomic mass is 16.6. The predicted molar refractivity (Wildman–Crippen MR) is 82.5 cm³/mol. The zero-order chi connectivity index (χ0) is 17.7. The second kappa shape index (κ2) is 7.53. The number of hydrogen-bond acceptors (Lipinski definition) is 7. The van der Waals surface area contributed by atoms with Crippen LogP contribution >= 0.6 is 0 Å². The van der Waals surface area contributed by atoms with Gasteiger partial charge in [-0.2, -0.15) is 0 Å². The van der Waals surface area contributed by atoms with E-state index in [0.29, 0.717) is 24.2 Å². The molecule has 0 spiro atoms. The Labute approximate surface area is 137 Å². The van der Waals surface area contributed by atoms with Gasteiger partial charge in [0.15, 0.2) is 0 Å². The summed E-state index contributed by atoms with van der Waals surface area (Å²) in [5, 5.41) is 21.9. The molecular weight excluding hydrogens is 320 g/mol. The van der Waals surface area contributed by atoms with Gasteiger partial charge in [-0.1, -0.05) is 0 Å². The van der Waals surface area contributed by atoms with Crippen molar-refractivity contribution in [3.63, 3.8) is 0 Å². The van der Waals surface area contributed by atoms with Crippen LogP contribution in [0.15, 0.2) is 29.5 Å². The van der Waals surface area contributed by atoms with E-state index in [1.807, 2.05) is 0 Å². The van der Waals surface area contributed by atoms with Crippen molar-refractivity contribution >= 4 is 17.3 Å². The van der Waals surface area contributed by atoms with E-state index in [9.17, 15) is 25.0 Å². The molecule has 1 aromatic rings. The number of nitro benzene ring substituents is 2. The van der Waals surface area contributed by atoms with Crippen molar-refractivity contribution in [1.29, 1.82) is 0 Å². The molecule has 0 radical (unpaired) electrons. The summed E-state index contributed by atoms with van der Waals surface area (Å²) >= 11 is 0. The Hall–Kier alpha value is -2.97. The summed E-state index contributed by atoms with van der Waals surface area (Å²) in [5.41, 5.74) is -0.571. The van der Waals surface area contributed by atoms with E-state index in [-0.39, 0.29) is 12.4 Å². The van der Waals surface area contributed by atoms with Crippen LogP contribution in [0.4, 0.5) is 11.4 Å². The number of benzene rings is 1. The molecule has 24 heavy (non-hydrogen) atoms. The van der Waals surface area contributed by atoms with Crippen molar-refractivity contribution in [2.45, 2.75) is 32.6 Å². The third kappa shape index (κ3) is 3.86. The Morgan fingerprint density at radius 1 is 1.17 bits per heavy atom. The molecular formula is C15H16N2O7. The molecule has 0 aromatic heterocycles. The molecule has 0 bridgehead atoms. The van der Waals surface area contributed by atoms with Gasteiger partial charge in [-0.25, -0.2) is 4.79 Å². The molecule has 1 aliphatic rings. The minimum Gasteiger partial charge on any atom is -0.463 e. The zero-order valence-corrected chi connectivity index (χ0v) is 13.0. The van der Waals surface area contributed by atoms with Gasteiger partial charge in [-0.05, 0) is 32.3 Å². The Morgan fingerprint density at radius 3 is 2.50 bits per heavy atom. The number of nitro groups is 2. The van der Waals surface area contributed by atoms with Crippen molar-refractivity contribution in [3.8, 4) is 5.75 Å². The van der Waals surface area contributed by atoms with E-state index in [1.54, 1.807) is 6.92 Å². The van der Waals surface area contributed by atoms with Crippen LogP contribution < -0.4 is 4.74 Å². The van der Waals surface area contributed by atoms with Crippen LogP contribution in [0.2, 0.25) is 0 Å². The molecule has 9 nitrogen and oxygen atoms in total. The molecule has 0 heterocycles. The minimum atomic E-state index is -0.754. The van der Waals surface area contributed by atoms with Gasteiger partial charge in [0.1, 0.15) is 5.76 Å². The van der Waals surface area contributed by atoms with Crippen molar-refractivity contribution in [1.82, 2.24) is 0 Å². The Bertz CT molecular complexity index is 712. The molecule has 0 unspecified atom stereocenters. The summed E-state index contributed by atoms with van der Waals surface area (Å²) in [6.07, 6.45) is 2.49. The zero-order valence-electron chi connectivity index (χ0n) is 13.0. The monoisotopic (exact) mass is 336 g/mol. The van der Waals surface area contributed by atoms with Gasteiger partial charge in [0.25, 0.3) is 5.69 Å². The number of non-ortho nitro benzene ring substituents is 1. The summed E-state index contributed by atoms with van der Waals surface area (Å²) in [6.45, 7) is 1.90. The fourth-order valence-corrected chi connectivity index (χ4v) is 2.41. The minimum absolute atomic E-state index is 0.135. The highest BCUT2D eigenvalue weighted by molar-refractivity contribution is 5.89. The maximum absolute atomic E-state index is 12.0. The van der Waals surface area contributed by atoms with Crippen LogP contribution in [-0.4, -0.2) is 22.4 Å². The fraction of sp³-hybridized carbons (Fsp3) is 0.400. The number of ether oxygens (including phenoxy) is 2. The van der Waals surface area contributed by atoms with Crippen LogP contribution in [0.5, 0.6) is 5.75 Å². The van der Waals surface area contributed by atoms with Gasteiger partial charge < -0.3 is 9.47 Å². The molecule has 0 atom stereocenters. The average Bonchev–Trinajstić information content (AvgIpc) is 2.55. The third-order valence-corrected chi connectivity index (χ3v) is 3.52. The fourth-order valence-electron chi connectivity index (χ4n) is 2.41. The van der Waals surface area contributed by atoms with E-state index in [0.717, 1.165) is 25.0 Å². The number of carbonyl (C=O) groups excluding carboxylic acids is 1. The highest BCUT2D eigenvalue weighted by Gasteiger charge is 2.26. The van der Waals surface area contributed by atoms with Crippen molar-refractivity contribution in [2.24, 2.45) is 0 Å². The molecule has 1 aromatic carbocycles. The lowest BCUT2D eigenvalue weighted by Gasteiger charge is -2.19. The molecule has 0 N–H and O–H groups in total. The first-order valence-electron chi connectivity index (χ1n) is 7.43. The smallest absolute Gasteiger partial charge is 0.337 e. The van der Waals surface area contributed by atoms with E-state index < -0.39 is 27.2 Å². The number of nitrogens with zero attached hydrogens (tertiary/aromatic N) is 2. The maximum Gasteiger partial charge on any atom is 0.337 e. The molecule has 1 aliphatic carbocycles. The Balaban J connectivity index is 2.39. The van der Waals surface area contributed by atoms with E-state index in [4.69, 9.17) is 9.47 Å². The molecule has 0 saturated carbocycles. The standard InChI is InChI=1S/C15H16N2O7/c1-2-23-15(18)11-5-3-4-6-13(11)24-14-8-7-10(16(19)20)9-12(14)17(21)22/h7-9H,2-6H2,1H3. The first-order valence-corrected chi connectivity index (χ1v) is 7.43. The topological polar surface area (TPSA) is 122 Å². The first-order chi connectivity index (χ1) is 11.4. The van der Waals surface area contributed by atoms with Crippen molar-refractivity contribution < 1.29 is 24.1 Å². The summed E-state index contributed by atoms with van der Waals surface area (Å²) in [7, 11) is 0. The number of hydrogen-bond donors (Lipinski definition) is 0. The van der Waals surface area contributed by atoms with Gasteiger partial charge >= 0.3 is 11.7 Å². The third-order valence-electron chi connectivity index (χ3n) is 3.52. The lowest BCUT2D eigenvalue weighted by atomic mass is 9.97. The van der Waals surface area contributed by atoms with Crippen LogP contribution in [-0.2, 0) is 9.53 Å². The van der Waals surface area contributed by atoms with Crippen LogP contribution in [0.25, 0.3) is 0 Å². The van der Waals surface area contributed by atoms with Crippen molar-refractivity contribution in [3.05, 3.63) is 49.8 Å². The molecule has 0 fully saturated rings. The summed E-state index contributed by atoms with van der Waals surface area (Å²) in [5.74, 6) is -0.322. The number of allylic oxidation sites excluding steroid dienone is 1. The second-order valence-electron chi connectivity index (χ2n) is 5.10. The average molecular weight is 336 g/mol. The van der Waals surface area contributed by atoms with E-state index in [1.165, 1.54) is 6.07 Å².